The molecule has 4 heterocycles. The number of anilines is 1. The number of nitrogens with zero attached hydrogens (tertiary/aromatic N) is 3. The smallest absolute Gasteiger partial charge is 0.339 e. The van der Waals surface area contributed by atoms with Gasteiger partial charge in [-0.2, -0.15) is 0 Å². The molecule has 0 N–H and O–H groups in total. The second-order valence-electron chi connectivity index (χ2n) is 8.17. The molecule has 0 aliphatic carbocycles. The van der Waals surface area contributed by atoms with Crippen LogP contribution in [0.25, 0.3) is 0 Å². The fraction of sp³-hybridized carbons (Fsp3) is 0.667. The van der Waals surface area contributed by atoms with Crippen molar-refractivity contribution < 1.29 is 14.3 Å². The van der Waals surface area contributed by atoms with Crippen LogP contribution < -0.4 is 4.90 Å². The molecule has 0 spiro atoms. The summed E-state index contributed by atoms with van der Waals surface area (Å²) >= 11 is 0. The Labute approximate surface area is 160 Å². The lowest BCUT2D eigenvalue weighted by atomic mass is 9.71. The van der Waals surface area contributed by atoms with Gasteiger partial charge in [0.2, 0.25) is 5.91 Å². The number of hydrogen-bond donors (Lipinski definition) is 0. The topological polar surface area (TPSA) is 62.7 Å². The molecular weight excluding hydrogens is 342 g/mol. The first kappa shape index (κ1) is 18.3. The molecule has 1 amide bonds. The Balaban J connectivity index is 1.57. The van der Waals surface area contributed by atoms with Crippen LogP contribution in [0.4, 0.5) is 5.82 Å². The van der Waals surface area contributed by atoms with Crippen molar-refractivity contribution in [2.75, 3.05) is 25.1 Å². The van der Waals surface area contributed by atoms with E-state index in [2.05, 4.69) is 21.7 Å². The fourth-order valence-electron chi connectivity index (χ4n) is 5.44. The first-order chi connectivity index (χ1) is 13.1. The molecule has 6 nitrogen and oxygen atoms in total. The molecule has 146 valence electrons. The molecule has 27 heavy (non-hydrogen) atoms. The van der Waals surface area contributed by atoms with Crippen molar-refractivity contribution >= 4 is 17.7 Å². The van der Waals surface area contributed by atoms with Gasteiger partial charge in [0.15, 0.2) is 0 Å². The third-order valence-electron chi connectivity index (χ3n) is 6.57. The van der Waals surface area contributed by atoms with Crippen LogP contribution in [-0.2, 0) is 9.53 Å². The quantitative estimate of drug-likeness (QED) is 0.762. The minimum absolute atomic E-state index is 0.357. The van der Waals surface area contributed by atoms with Gasteiger partial charge in [-0.05, 0) is 49.7 Å². The second kappa shape index (κ2) is 7.49. The largest absolute Gasteiger partial charge is 0.465 e. The summed E-state index contributed by atoms with van der Waals surface area (Å²) in [6, 6.07) is 4.46. The Morgan fingerprint density at radius 1 is 1.30 bits per heavy atom. The number of pyridine rings is 1. The lowest BCUT2D eigenvalue weighted by Crippen LogP contribution is -2.65. The van der Waals surface area contributed by atoms with Crippen LogP contribution in [0.5, 0.6) is 0 Å². The molecule has 1 aromatic heterocycles. The zero-order valence-corrected chi connectivity index (χ0v) is 16.3. The Morgan fingerprint density at radius 3 is 2.81 bits per heavy atom. The van der Waals surface area contributed by atoms with Crippen molar-refractivity contribution in [1.29, 1.82) is 0 Å². The standard InChI is InChI=1S/C21H29N3O3/c1-3-5-17-15-10-16(18-6-4-7-20(25)24(17)18)13-23(12-15)19-9-8-14(11-22-19)21(26)27-2/h8-9,11,15-18H,3-7,10,12-13H2,1-2H3/t15-,16+,17-,18-/m0/s1. The van der Waals surface area contributed by atoms with E-state index in [4.69, 9.17) is 4.74 Å². The Bertz CT molecular complexity index is 705. The molecule has 4 atom stereocenters. The van der Waals surface area contributed by atoms with E-state index in [0.29, 0.717) is 35.4 Å². The molecule has 3 aliphatic heterocycles. The number of fused-ring (bicyclic) bond motifs is 4. The maximum Gasteiger partial charge on any atom is 0.339 e. The normalized spacial score (nSPS) is 30.1. The van der Waals surface area contributed by atoms with E-state index >= 15 is 0 Å². The molecule has 0 aromatic carbocycles. The number of methoxy groups -OCH3 is 1. The monoisotopic (exact) mass is 371 g/mol. The molecule has 3 saturated heterocycles. The van der Waals surface area contributed by atoms with Crippen LogP contribution in [0, 0.1) is 11.8 Å². The predicted molar refractivity (Wildman–Crippen MR) is 103 cm³/mol. The second-order valence-corrected chi connectivity index (χ2v) is 8.17. The van der Waals surface area contributed by atoms with Gasteiger partial charge in [-0.1, -0.05) is 13.3 Å². The van der Waals surface area contributed by atoms with Crippen LogP contribution in [0.15, 0.2) is 18.3 Å². The summed E-state index contributed by atoms with van der Waals surface area (Å²) in [6.07, 6.45) is 7.88. The zero-order chi connectivity index (χ0) is 19.0. The summed E-state index contributed by atoms with van der Waals surface area (Å²) in [6.45, 7) is 4.08. The highest BCUT2D eigenvalue weighted by Gasteiger charge is 2.49. The minimum atomic E-state index is -0.357. The third kappa shape index (κ3) is 3.30. The summed E-state index contributed by atoms with van der Waals surface area (Å²) in [5, 5.41) is 0. The van der Waals surface area contributed by atoms with Gasteiger partial charge in [0.25, 0.3) is 0 Å². The van der Waals surface area contributed by atoms with E-state index in [1.165, 1.54) is 13.5 Å². The van der Waals surface area contributed by atoms with Gasteiger partial charge in [0, 0.05) is 37.8 Å². The first-order valence-electron chi connectivity index (χ1n) is 10.2. The Kier molecular flexibility index (Phi) is 5.06. The number of ether oxygens (including phenoxy) is 1. The summed E-state index contributed by atoms with van der Waals surface area (Å²) in [5.41, 5.74) is 0.478. The van der Waals surface area contributed by atoms with E-state index in [1.54, 1.807) is 12.3 Å². The van der Waals surface area contributed by atoms with Gasteiger partial charge < -0.3 is 14.5 Å². The number of esters is 1. The highest BCUT2D eigenvalue weighted by atomic mass is 16.5. The van der Waals surface area contributed by atoms with E-state index in [1.807, 2.05) is 6.07 Å². The fourth-order valence-corrected chi connectivity index (χ4v) is 5.44. The first-order valence-corrected chi connectivity index (χ1v) is 10.2. The molecule has 3 fully saturated rings. The van der Waals surface area contributed by atoms with Crippen LogP contribution in [0.3, 0.4) is 0 Å². The molecule has 4 rings (SSSR count). The number of carbonyl (C=O) groups is 2. The van der Waals surface area contributed by atoms with Gasteiger partial charge in [-0.25, -0.2) is 9.78 Å². The lowest BCUT2D eigenvalue weighted by molar-refractivity contribution is -0.149. The minimum Gasteiger partial charge on any atom is -0.465 e. The SMILES string of the molecule is CCC[C@H]1[C@H]2C[C@H](CN(c3ccc(C(=O)OC)cn3)C2)[C@@H]2CCCC(=O)N21. The van der Waals surface area contributed by atoms with E-state index in [9.17, 15) is 9.59 Å². The van der Waals surface area contributed by atoms with Crippen molar-refractivity contribution in [3.8, 4) is 0 Å². The van der Waals surface area contributed by atoms with Crippen molar-refractivity contribution in [1.82, 2.24) is 9.88 Å². The van der Waals surface area contributed by atoms with Crippen molar-refractivity contribution in [3.05, 3.63) is 23.9 Å². The molecule has 0 unspecified atom stereocenters. The third-order valence-corrected chi connectivity index (χ3v) is 6.57. The number of rotatable bonds is 4. The average molecular weight is 371 g/mol. The highest BCUT2D eigenvalue weighted by Crippen LogP contribution is 2.43. The Morgan fingerprint density at radius 2 is 2.11 bits per heavy atom. The van der Waals surface area contributed by atoms with E-state index in [0.717, 1.165) is 51.0 Å². The maximum absolute atomic E-state index is 12.7. The van der Waals surface area contributed by atoms with Gasteiger partial charge in [-0.15, -0.1) is 0 Å². The van der Waals surface area contributed by atoms with Crippen LogP contribution in [0.2, 0.25) is 0 Å². The van der Waals surface area contributed by atoms with Crippen molar-refractivity contribution in [2.24, 2.45) is 11.8 Å². The maximum atomic E-state index is 12.7. The molecule has 0 saturated carbocycles. The number of amides is 1. The van der Waals surface area contributed by atoms with Crippen molar-refractivity contribution in [2.45, 2.75) is 57.5 Å². The predicted octanol–water partition coefficient (Wildman–Crippen LogP) is 2.87. The summed E-state index contributed by atoms with van der Waals surface area (Å²) in [7, 11) is 1.38. The van der Waals surface area contributed by atoms with Crippen molar-refractivity contribution in [3.63, 3.8) is 0 Å². The number of piperidine rings is 3. The lowest BCUT2D eigenvalue weighted by Gasteiger charge is -2.57. The number of carbonyl (C=O) groups excluding carboxylic acids is 2. The van der Waals surface area contributed by atoms with Crippen LogP contribution in [-0.4, -0.2) is 54.0 Å². The molecule has 3 aliphatic rings. The molecule has 2 bridgehead atoms. The van der Waals surface area contributed by atoms with Crippen LogP contribution >= 0.6 is 0 Å². The highest BCUT2D eigenvalue weighted by molar-refractivity contribution is 5.89. The number of hydrogen-bond acceptors (Lipinski definition) is 5. The van der Waals surface area contributed by atoms with Crippen LogP contribution in [0.1, 0.15) is 55.8 Å². The van der Waals surface area contributed by atoms with E-state index in [-0.39, 0.29) is 5.97 Å². The summed E-state index contributed by atoms with van der Waals surface area (Å²) in [4.78, 5) is 33.5. The molecule has 1 aromatic rings. The van der Waals surface area contributed by atoms with Gasteiger partial charge in [-0.3, -0.25) is 4.79 Å². The van der Waals surface area contributed by atoms with Gasteiger partial charge in [0.1, 0.15) is 5.82 Å². The molecule has 0 radical (unpaired) electrons. The molecular formula is C21H29N3O3. The van der Waals surface area contributed by atoms with E-state index < -0.39 is 0 Å². The van der Waals surface area contributed by atoms with Gasteiger partial charge in [0.05, 0.1) is 12.7 Å². The summed E-state index contributed by atoms with van der Waals surface area (Å²) < 4.78 is 4.76. The zero-order valence-electron chi connectivity index (χ0n) is 16.3. The average Bonchev–Trinajstić information content (AvgIpc) is 2.70. The Hall–Kier alpha value is -2.11. The number of aromatic nitrogens is 1. The molecule has 6 heteroatoms. The summed E-state index contributed by atoms with van der Waals surface area (Å²) in [5.74, 6) is 1.95. The van der Waals surface area contributed by atoms with Gasteiger partial charge >= 0.3 is 5.97 Å².